The van der Waals surface area contributed by atoms with Crippen LogP contribution in [0.15, 0.2) is 60.7 Å². The monoisotopic (exact) mass is 466 g/mol. The van der Waals surface area contributed by atoms with Crippen LogP contribution in [0.2, 0.25) is 0 Å². The van der Waals surface area contributed by atoms with E-state index in [0.717, 1.165) is 31.2 Å². The summed E-state index contributed by atoms with van der Waals surface area (Å²) in [6, 6.07) is 14.5. The van der Waals surface area contributed by atoms with Crippen LogP contribution in [-0.4, -0.2) is 11.7 Å². The Balaban J connectivity index is 1.39. The van der Waals surface area contributed by atoms with Crippen molar-refractivity contribution in [1.29, 1.82) is 0 Å². The molecule has 3 aromatic carbocycles. The van der Waals surface area contributed by atoms with Crippen molar-refractivity contribution in [2.45, 2.75) is 45.1 Å². The van der Waals surface area contributed by atoms with Crippen molar-refractivity contribution in [2.75, 3.05) is 6.61 Å². The van der Waals surface area contributed by atoms with E-state index in [-0.39, 0.29) is 29.0 Å². The zero-order valence-corrected chi connectivity index (χ0v) is 19.2. The molecule has 0 saturated heterocycles. The highest BCUT2D eigenvalue weighted by molar-refractivity contribution is 5.65. The SMILES string of the molecule is CCOCc1ccc(/C=C/C2CCC(c3ccc(-c4ccc(O)cc4)c(F)c3F)CC2)c(F)c1. The third kappa shape index (κ3) is 5.53. The van der Waals surface area contributed by atoms with Gasteiger partial charge in [-0.3, -0.25) is 0 Å². The maximum atomic E-state index is 14.9. The van der Waals surface area contributed by atoms with E-state index in [1.807, 2.05) is 25.1 Å². The molecule has 34 heavy (non-hydrogen) atoms. The number of phenols is 1. The first-order chi connectivity index (χ1) is 16.5. The quantitative estimate of drug-likeness (QED) is 0.382. The molecule has 5 heteroatoms. The zero-order valence-electron chi connectivity index (χ0n) is 19.2. The van der Waals surface area contributed by atoms with E-state index in [1.54, 1.807) is 30.3 Å². The second-order valence-electron chi connectivity index (χ2n) is 8.84. The van der Waals surface area contributed by atoms with Gasteiger partial charge in [-0.05, 0) is 79.3 Å². The van der Waals surface area contributed by atoms with Crippen molar-refractivity contribution in [3.05, 3.63) is 94.8 Å². The van der Waals surface area contributed by atoms with Gasteiger partial charge in [0.25, 0.3) is 0 Å². The summed E-state index contributed by atoms with van der Waals surface area (Å²) in [6.07, 6.45) is 7.02. The maximum absolute atomic E-state index is 14.9. The minimum absolute atomic E-state index is 0.0393. The fourth-order valence-electron chi connectivity index (χ4n) is 4.62. The third-order valence-corrected chi connectivity index (χ3v) is 6.59. The van der Waals surface area contributed by atoms with Gasteiger partial charge < -0.3 is 9.84 Å². The summed E-state index contributed by atoms with van der Waals surface area (Å²) in [5.74, 6) is -1.60. The zero-order chi connectivity index (χ0) is 24.1. The van der Waals surface area contributed by atoms with Crippen LogP contribution in [0.3, 0.4) is 0 Å². The van der Waals surface area contributed by atoms with Crippen LogP contribution in [0.1, 0.15) is 55.2 Å². The molecule has 0 spiro atoms. The standard InChI is InChI=1S/C29H29F3O2/c1-2-34-18-20-6-10-23(27(30)17-20)9-5-19-3-7-21(8-4-19)25-15-16-26(29(32)28(25)31)22-11-13-24(33)14-12-22/h5-6,9-17,19,21,33H,2-4,7-8,18H2,1H3/b9-5+. The molecule has 1 aliphatic rings. The molecule has 0 radical (unpaired) electrons. The molecule has 0 heterocycles. The van der Waals surface area contributed by atoms with Crippen LogP contribution in [0, 0.1) is 23.4 Å². The van der Waals surface area contributed by atoms with Gasteiger partial charge in [-0.2, -0.15) is 0 Å². The predicted molar refractivity (Wildman–Crippen MR) is 129 cm³/mol. The van der Waals surface area contributed by atoms with Gasteiger partial charge in [-0.15, -0.1) is 0 Å². The first kappa shape index (κ1) is 24.1. The van der Waals surface area contributed by atoms with Crippen LogP contribution < -0.4 is 0 Å². The largest absolute Gasteiger partial charge is 0.508 e. The lowest BCUT2D eigenvalue weighted by atomic mass is 9.78. The van der Waals surface area contributed by atoms with Crippen LogP contribution >= 0.6 is 0 Å². The molecule has 0 atom stereocenters. The smallest absolute Gasteiger partial charge is 0.166 e. The van der Waals surface area contributed by atoms with Crippen molar-refractivity contribution >= 4 is 6.08 Å². The van der Waals surface area contributed by atoms with Crippen molar-refractivity contribution in [1.82, 2.24) is 0 Å². The van der Waals surface area contributed by atoms with Crippen LogP contribution in [0.5, 0.6) is 5.75 Å². The third-order valence-electron chi connectivity index (χ3n) is 6.59. The number of ether oxygens (including phenoxy) is 1. The van der Waals surface area contributed by atoms with E-state index in [2.05, 4.69) is 0 Å². The van der Waals surface area contributed by atoms with Crippen molar-refractivity contribution in [2.24, 2.45) is 5.92 Å². The van der Waals surface area contributed by atoms with E-state index in [4.69, 9.17) is 4.74 Å². The molecule has 0 bridgehead atoms. The Morgan fingerprint density at radius 2 is 1.65 bits per heavy atom. The fraction of sp³-hybridized carbons (Fsp3) is 0.310. The molecule has 0 amide bonds. The number of hydrogen-bond acceptors (Lipinski definition) is 2. The van der Waals surface area contributed by atoms with Crippen LogP contribution in [0.4, 0.5) is 13.2 Å². The Hall–Kier alpha value is -3.05. The molecule has 0 unspecified atom stereocenters. The number of rotatable bonds is 7. The minimum atomic E-state index is -0.853. The van der Waals surface area contributed by atoms with E-state index in [9.17, 15) is 18.3 Å². The summed E-state index contributed by atoms with van der Waals surface area (Å²) >= 11 is 0. The summed E-state index contributed by atoms with van der Waals surface area (Å²) in [6.45, 7) is 2.89. The van der Waals surface area contributed by atoms with Gasteiger partial charge in [-0.25, -0.2) is 13.2 Å². The van der Waals surface area contributed by atoms with E-state index in [1.165, 1.54) is 18.2 Å². The molecule has 0 aliphatic heterocycles. The van der Waals surface area contributed by atoms with Gasteiger partial charge in [0.2, 0.25) is 0 Å². The van der Waals surface area contributed by atoms with E-state index in [0.29, 0.717) is 29.9 Å². The lowest BCUT2D eigenvalue weighted by Crippen LogP contribution is -2.13. The Morgan fingerprint density at radius 1 is 0.912 bits per heavy atom. The second kappa shape index (κ2) is 10.9. The van der Waals surface area contributed by atoms with Gasteiger partial charge >= 0.3 is 0 Å². The molecule has 1 saturated carbocycles. The number of phenolic OH excluding ortho intramolecular Hbond substituents is 1. The topological polar surface area (TPSA) is 29.5 Å². The van der Waals surface area contributed by atoms with E-state index >= 15 is 0 Å². The normalized spacial score (nSPS) is 18.5. The highest BCUT2D eigenvalue weighted by atomic mass is 19.2. The maximum Gasteiger partial charge on any atom is 0.166 e. The average Bonchev–Trinajstić information content (AvgIpc) is 2.85. The molecule has 178 valence electrons. The molecule has 1 aliphatic carbocycles. The molecule has 0 aromatic heterocycles. The summed E-state index contributed by atoms with van der Waals surface area (Å²) in [4.78, 5) is 0. The second-order valence-corrected chi connectivity index (χ2v) is 8.84. The Labute approximate surface area is 198 Å². The highest BCUT2D eigenvalue weighted by Crippen LogP contribution is 2.39. The molecule has 2 nitrogen and oxygen atoms in total. The number of halogens is 3. The Bertz CT molecular complexity index is 1150. The van der Waals surface area contributed by atoms with Crippen LogP contribution in [0.25, 0.3) is 17.2 Å². The molecule has 1 fully saturated rings. The first-order valence-electron chi connectivity index (χ1n) is 11.8. The van der Waals surface area contributed by atoms with Crippen molar-refractivity contribution in [3.8, 4) is 16.9 Å². The molecule has 3 aromatic rings. The lowest BCUT2D eigenvalue weighted by Gasteiger charge is -2.27. The van der Waals surface area contributed by atoms with Gasteiger partial charge in [0.15, 0.2) is 11.6 Å². The minimum Gasteiger partial charge on any atom is -0.508 e. The Kier molecular flexibility index (Phi) is 7.73. The summed E-state index contributed by atoms with van der Waals surface area (Å²) in [5.41, 5.74) is 2.47. The number of aromatic hydroxyl groups is 1. The number of benzene rings is 3. The Morgan fingerprint density at radius 3 is 2.32 bits per heavy atom. The number of allylic oxidation sites excluding steroid dienone is 1. The van der Waals surface area contributed by atoms with Crippen molar-refractivity contribution < 1.29 is 23.0 Å². The van der Waals surface area contributed by atoms with Gasteiger partial charge in [0.05, 0.1) is 6.61 Å². The molecular weight excluding hydrogens is 437 g/mol. The fourth-order valence-corrected chi connectivity index (χ4v) is 4.62. The van der Waals surface area contributed by atoms with Gasteiger partial charge in [0, 0.05) is 17.7 Å². The first-order valence-corrected chi connectivity index (χ1v) is 11.8. The van der Waals surface area contributed by atoms with E-state index < -0.39 is 11.6 Å². The summed E-state index contributed by atoms with van der Waals surface area (Å²) < 4.78 is 49.5. The lowest BCUT2D eigenvalue weighted by molar-refractivity contribution is 0.134. The van der Waals surface area contributed by atoms with Crippen LogP contribution in [-0.2, 0) is 11.3 Å². The molecule has 1 N–H and O–H groups in total. The average molecular weight is 467 g/mol. The van der Waals surface area contributed by atoms with Crippen molar-refractivity contribution in [3.63, 3.8) is 0 Å². The summed E-state index contributed by atoms with van der Waals surface area (Å²) in [7, 11) is 0. The summed E-state index contributed by atoms with van der Waals surface area (Å²) in [5, 5.41) is 9.42. The van der Waals surface area contributed by atoms with Gasteiger partial charge in [-0.1, -0.05) is 48.6 Å². The molecule has 4 rings (SSSR count). The predicted octanol–water partition coefficient (Wildman–Crippen LogP) is 8.00. The number of hydrogen-bond donors (Lipinski definition) is 1. The highest BCUT2D eigenvalue weighted by Gasteiger charge is 2.25. The molecular formula is C29H29F3O2. The van der Waals surface area contributed by atoms with Gasteiger partial charge in [0.1, 0.15) is 11.6 Å².